The summed E-state index contributed by atoms with van der Waals surface area (Å²) in [7, 11) is 0. The van der Waals surface area contributed by atoms with E-state index in [1.807, 2.05) is 13.0 Å². The first-order valence-corrected chi connectivity index (χ1v) is 7.63. The van der Waals surface area contributed by atoms with Crippen LogP contribution in [0.1, 0.15) is 31.4 Å². The van der Waals surface area contributed by atoms with Crippen molar-refractivity contribution >= 4 is 11.4 Å². The first-order chi connectivity index (χ1) is 10.3. The number of anilines is 2. The van der Waals surface area contributed by atoms with Gasteiger partial charge in [-0.2, -0.15) is 0 Å². The molecule has 1 fully saturated rings. The van der Waals surface area contributed by atoms with Crippen LogP contribution in [0.3, 0.4) is 0 Å². The standard InChI is InChI=1S/C18H22N2O/c1-2-21-18-13-15(10-11-16(18)19)20-12-6-9-17(20)14-7-4-3-5-8-14/h3-5,7-8,10-11,13,17H,2,6,9,12,19H2,1H3. The van der Waals surface area contributed by atoms with Crippen molar-refractivity contribution in [1.82, 2.24) is 0 Å². The van der Waals surface area contributed by atoms with Crippen molar-refractivity contribution in [2.75, 3.05) is 23.8 Å². The lowest BCUT2D eigenvalue weighted by molar-refractivity contribution is 0.342. The van der Waals surface area contributed by atoms with E-state index in [9.17, 15) is 0 Å². The molecule has 1 aliphatic rings. The van der Waals surface area contributed by atoms with Crippen LogP contribution in [0.25, 0.3) is 0 Å². The SMILES string of the molecule is CCOc1cc(N2CCCC2c2ccccc2)ccc1N. The Morgan fingerprint density at radius 2 is 2.00 bits per heavy atom. The maximum atomic E-state index is 5.98. The lowest BCUT2D eigenvalue weighted by Gasteiger charge is -2.28. The summed E-state index contributed by atoms with van der Waals surface area (Å²) in [6.45, 7) is 3.69. The Morgan fingerprint density at radius 1 is 1.19 bits per heavy atom. The molecule has 0 aromatic heterocycles. The highest BCUT2D eigenvalue weighted by molar-refractivity contribution is 5.63. The Labute approximate surface area is 126 Å². The van der Waals surface area contributed by atoms with Gasteiger partial charge in [0.25, 0.3) is 0 Å². The monoisotopic (exact) mass is 282 g/mol. The van der Waals surface area contributed by atoms with Crippen molar-refractivity contribution in [2.24, 2.45) is 0 Å². The van der Waals surface area contributed by atoms with Crippen molar-refractivity contribution in [3.63, 3.8) is 0 Å². The molecular weight excluding hydrogens is 260 g/mol. The number of rotatable bonds is 4. The van der Waals surface area contributed by atoms with E-state index < -0.39 is 0 Å². The van der Waals surface area contributed by atoms with Crippen LogP contribution in [0.5, 0.6) is 5.75 Å². The predicted molar refractivity (Wildman–Crippen MR) is 87.8 cm³/mol. The number of ether oxygens (including phenoxy) is 1. The van der Waals surface area contributed by atoms with Crippen LogP contribution in [-0.2, 0) is 0 Å². The second-order valence-corrected chi connectivity index (χ2v) is 5.42. The maximum Gasteiger partial charge on any atom is 0.144 e. The van der Waals surface area contributed by atoms with Crippen LogP contribution in [0, 0.1) is 0 Å². The Balaban J connectivity index is 1.90. The molecule has 1 heterocycles. The molecule has 2 N–H and O–H groups in total. The molecule has 1 unspecified atom stereocenters. The highest BCUT2D eigenvalue weighted by Crippen LogP contribution is 2.38. The van der Waals surface area contributed by atoms with Crippen LogP contribution in [0.15, 0.2) is 48.5 Å². The summed E-state index contributed by atoms with van der Waals surface area (Å²) in [4.78, 5) is 2.46. The zero-order chi connectivity index (χ0) is 14.7. The Bertz CT molecular complexity index is 597. The van der Waals surface area contributed by atoms with E-state index in [0.717, 1.165) is 12.3 Å². The van der Waals surface area contributed by atoms with Gasteiger partial charge in [0.2, 0.25) is 0 Å². The predicted octanol–water partition coefficient (Wildman–Crippen LogP) is 4.01. The van der Waals surface area contributed by atoms with Gasteiger partial charge < -0.3 is 15.4 Å². The van der Waals surface area contributed by atoms with Crippen LogP contribution in [0.4, 0.5) is 11.4 Å². The number of nitrogens with zero attached hydrogens (tertiary/aromatic N) is 1. The molecular formula is C18H22N2O. The van der Waals surface area contributed by atoms with Crippen molar-refractivity contribution in [2.45, 2.75) is 25.8 Å². The van der Waals surface area contributed by atoms with Crippen molar-refractivity contribution in [3.05, 3.63) is 54.1 Å². The van der Waals surface area contributed by atoms with Crippen molar-refractivity contribution in [3.8, 4) is 5.75 Å². The van der Waals surface area contributed by atoms with Gasteiger partial charge in [-0.05, 0) is 37.5 Å². The first kappa shape index (κ1) is 13.8. The highest BCUT2D eigenvalue weighted by atomic mass is 16.5. The highest BCUT2D eigenvalue weighted by Gasteiger charge is 2.26. The van der Waals surface area contributed by atoms with Gasteiger partial charge in [-0.15, -0.1) is 0 Å². The van der Waals surface area contributed by atoms with E-state index in [-0.39, 0.29) is 0 Å². The molecule has 110 valence electrons. The van der Waals surface area contributed by atoms with Crippen molar-refractivity contribution in [1.29, 1.82) is 0 Å². The average Bonchev–Trinajstić information content (AvgIpc) is 3.00. The Hall–Kier alpha value is -2.16. The smallest absolute Gasteiger partial charge is 0.144 e. The molecule has 3 nitrogen and oxygen atoms in total. The molecule has 1 aliphatic heterocycles. The summed E-state index contributed by atoms with van der Waals surface area (Å²) < 4.78 is 5.63. The van der Waals surface area contributed by atoms with E-state index in [2.05, 4.69) is 47.4 Å². The summed E-state index contributed by atoms with van der Waals surface area (Å²) in [6, 6.07) is 17.3. The Morgan fingerprint density at radius 3 is 2.76 bits per heavy atom. The third-order valence-electron chi connectivity index (χ3n) is 4.07. The third-order valence-corrected chi connectivity index (χ3v) is 4.07. The fraction of sp³-hybridized carbons (Fsp3) is 0.333. The summed E-state index contributed by atoms with van der Waals surface area (Å²) >= 11 is 0. The second-order valence-electron chi connectivity index (χ2n) is 5.42. The Kier molecular flexibility index (Phi) is 4.00. The zero-order valence-electron chi connectivity index (χ0n) is 12.5. The quantitative estimate of drug-likeness (QED) is 0.861. The number of hydrogen-bond acceptors (Lipinski definition) is 3. The van der Waals surface area contributed by atoms with E-state index in [1.54, 1.807) is 0 Å². The van der Waals surface area contributed by atoms with Gasteiger partial charge >= 0.3 is 0 Å². The maximum absolute atomic E-state index is 5.98. The fourth-order valence-corrected chi connectivity index (χ4v) is 3.08. The fourth-order valence-electron chi connectivity index (χ4n) is 3.08. The third kappa shape index (κ3) is 2.82. The zero-order valence-corrected chi connectivity index (χ0v) is 12.5. The van der Waals surface area contributed by atoms with Crippen molar-refractivity contribution < 1.29 is 4.74 Å². The molecule has 0 amide bonds. The molecule has 0 bridgehead atoms. The largest absolute Gasteiger partial charge is 0.492 e. The molecule has 1 atom stereocenters. The minimum Gasteiger partial charge on any atom is -0.492 e. The number of nitrogen functional groups attached to an aromatic ring is 1. The molecule has 1 saturated heterocycles. The van der Waals surface area contributed by atoms with E-state index >= 15 is 0 Å². The van der Waals surface area contributed by atoms with Gasteiger partial charge in [0, 0.05) is 18.3 Å². The molecule has 3 rings (SSSR count). The molecule has 0 radical (unpaired) electrons. The van der Waals surface area contributed by atoms with Crippen LogP contribution in [-0.4, -0.2) is 13.2 Å². The number of nitrogens with two attached hydrogens (primary N) is 1. The number of benzene rings is 2. The van der Waals surface area contributed by atoms with Crippen LogP contribution in [0.2, 0.25) is 0 Å². The van der Waals surface area contributed by atoms with Gasteiger partial charge in [0.1, 0.15) is 5.75 Å². The minimum absolute atomic E-state index is 0.448. The minimum atomic E-state index is 0.448. The lowest BCUT2D eigenvalue weighted by Crippen LogP contribution is -2.22. The topological polar surface area (TPSA) is 38.5 Å². The van der Waals surface area contributed by atoms with Gasteiger partial charge in [-0.3, -0.25) is 0 Å². The summed E-state index contributed by atoms with van der Waals surface area (Å²) in [5, 5.41) is 0. The summed E-state index contributed by atoms with van der Waals surface area (Å²) in [5.41, 5.74) is 9.25. The van der Waals surface area contributed by atoms with Crippen LogP contribution < -0.4 is 15.4 Å². The molecule has 2 aromatic carbocycles. The molecule has 3 heteroatoms. The van der Waals surface area contributed by atoms with Gasteiger partial charge in [-0.1, -0.05) is 30.3 Å². The summed E-state index contributed by atoms with van der Waals surface area (Å²) in [5.74, 6) is 0.786. The molecule has 2 aromatic rings. The van der Waals surface area contributed by atoms with Gasteiger partial charge in [0.05, 0.1) is 18.3 Å². The molecule has 0 aliphatic carbocycles. The molecule has 0 spiro atoms. The van der Waals surface area contributed by atoms with Gasteiger partial charge in [-0.25, -0.2) is 0 Å². The average molecular weight is 282 g/mol. The second kappa shape index (κ2) is 6.08. The normalized spacial score (nSPS) is 18.0. The van der Waals surface area contributed by atoms with Crippen LogP contribution >= 0.6 is 0 Å². The summed E-state index contributed by atoms with van der Waals surface area (Å²) in [6.07, 6.45) is 2.41. The van der Waals surface area contributed by atoms with E-state index in [1.165, 1.54) is 24.1 Å². The number of hydrogen-bond donors (Lipinski definition) is 1. The lowest BCUT2D eigenvalue weighted by atomic mass is 10.0. The van der Waals surface area contributed by atoms with E-state index in [4.69, 9.17) is 10.5 Å². The van der Waals surface area contributed by atoms with E-state index in [0.29, 0.717) is 18.3 Å². The molecule has 21 heavy (non-hydrogen) atoms. The first-order valence-electron chi connectivity index (χ1n) is 7.63. The molecule has 0 saturated carbocycles. The van der Waals surface area contributed by atoms with Gasteiger partial charge in [0.15, 0.2) is 0 Å².